The van der Waals surface area contributed by atoms with Crippen LogP contribution in [0.25, 0.3) is 5.65 Å². The van der Waals surface area contributed by atoms with Crippen LogP contribution >= 0.6 is 0 Å². The van der Waals surface area contributed by atoms with E-state index in [1.54, 1.807) is 6.07 Å². The Morgan fingerprint density at radius 3 is 2.57 bits per heavy atom. The topological polar surface area (TPSA) is 61.9 Å². The molecule has 1 aromatic carbocycles. The molecule has 0 aliphatic heterocycles. The predicted molar refractivity (Wildman–Crippen MR) is 84.9 cm³/mol. The SMILES string of the molecule is CC[NH+](Cc1ccccc1)Cc1c(C(=O)[O-])nc2ccccn12. The third-order valence-corrected chi connectivity index (χ3v) is 4.04. The van der Waals surface area contributed by atoms with Crippen molar-refractivity contribution in [3.8, 4) is 0 Å². The van der Waals surface area contributed by atoms with Crippen molar-refractivity contribution in [3.05, 3.63) is 71.7 Å². The molecule has 0 bridgehead atoms. The minimum atomic E-state index is -1.22. The zero-order valence-corrected chi connectivity index (χ0v) is 13.0. The van der Waals surface area contributed by atoms with Crippen LogP contribution in [0.2, 0.25) is 0 Å². The summed E-state index contributed by atoms with van der Waals surface area (Å²) in [6, 6.07) is 15.7. The van der Waals surface area contributed by atoms with Gasteiger partial charge in [-0.05, 0) is 19.1 Å². The van der Waals surface area contributed by atoms with Crippen molar-refractivity contribution < 1.29 is 14.8 Å². The molecule has 118 valence electrons. The molecule has 1 N–H and O–H groups in total. The van der Waals surface area contributed by atoms with Crippen LogP contribution in [-0.2, 0) is 13.1 Å². The maximum atomic E-state index is 11.4. The Bertz CT molecular complexity index is 812. The van der Waals surface area contributed by atoms with Crippen molar-refractivity contribution in [2.75, 3.05) is 6.54 Å². The molecule has 1 unspecified atom stereocenters. The Morgan fingerprint density at radius 1 is 1.13 bits per heavy atom. The van der Waals surface area contributed by atoms with E-state index in [1.165, 1.54) is 10.5 Å². The maximum Gasteiger partial charge on any atom is 0.137 e. The Kier molecular flexibility index (Phi) is 4.39. The number of imidazole rings is 1. The normalized spacial score (nSPS) is 12.4. The van der Waals surface area contributed by atoms with Gasteiger partial charge in [0.2, 0.25) is 0 Å². The number of carboxylic acid groups (broad SMARTS) is 1. The summed E-state index contributed by atoms with van der Waals surface area (Å²) >= 11 is 0. The van der Waals surface area contributed by atoms with E-state index in [-0.39, 0.29) is 5.69 Å². The molecule has 23 heavy (non-hydrogen) atoms. The smallest absolute Gasteiger partial charge is 0.137 e. The van der Waals surface area contributed by atoms with Crippen LogP contribution in [-0.4, -0.2) is 21.9 Å². The second kappa shape index (κ2) is 6.62. The number of nitrogens with zero attached hydrogens (tertiary/aromatic N) is 2. The van der Waals surface area contributed by atoms with E-state index in [0.717, 1.165) is 13.1 Å². The first kappa shape index (κ1) is 15.2. The second-order valence-corrected chi connectivity index (χ2v) is 5.57. The van der Waals surface area contributed by atoms with Crippen molar-refractivity contribution in [2.45, 2.75) is 20.0 Å². The summed E-state index contributed by atoms with van der Waals surface area (Å²) in [5, 5.41) is 11.4. The minimum Gasteiger partial charge on any atom is -0.543 e. The van der Waals surface area contributed by atoms with Crippen LogP contribution in [0.1, 0.15) is 28.7 Å². The largest absolute Gasteiger partial charge is 0.543 e. The zero-order valence-electron chi connectivity index (χ0n) is 13.0. The van der Waals surface area contributed by atoms with Gasteiger partial charge in [0.15, 0.2) is 0 Å². The Labute approximate surface area is 134 Å². The van der Waals surface area contributed by atoms with Gasteiger partial charge in [-0.3, -0.25) is 4.40 Å². The lowest BCUT2D eigenvalue weighted by Crippen LogP contribution is -3.09. The molecular formula is C18H19N3O2. The molecule has 5 nitrogen and oxygen atoms in total. The van der Waals surface area contributed by atoms with E-state index in [4.69, 9.17) is 0 Å². The highest BCUT2D eigenvalue weighted by molar-refractivity contribution is 5.86. The Morgan fingerprint density at radius 2 is 1.87 bits per heavy atom. The molecule has 0 spiro atoms. The highest BCUT2D eigenvalue weighted by atomic mass is 16.4. The van der Waals surface area contributed by atoms with Gasteiger partial charge in [-0.1, -0.05) is 36.4 Å². The molecule has 0 aliphatic rings. The lowest BCUT2D eigenvalue weighted by atomic mass is 10.2. The summed E-state index contributed by atoms with van der Waals surface area (Å²) in [5.41, 5.74) is 2.59. The van der Waals surface area contributed by atoms with E-state index in [2.05, 4.69) is 24.0 Å². The fourth-order valence-electron chi connectivity index (χ4n) is 2.81. The third-order valence-electron chi connectivity index (χ3n) is 4.04. The number of carbonyl (C=O) groups is 1. The van der Waals surface area contributed by atoms with Gasteiger partial charge >= 0.3 is 0 Å². The molecule has 2 heterocycles. The first-order valence-electron chi connectivity index (χ1n) is 7.74. The van der Waals surface area contributed by atoms with E-state index < -0.39 is 5.97 Å². The van der Waals surface area contributed by atoms with Crippen molar-refractivity contribution in [1.82, 2.24) is 9.38 Å². The van der Waals surface area contributed by atoms with E-state index >= 15 is 0 Å². The van der Waals surface area contributed by atoms with E-state index in [9.17, 15) is 9.90 Å². The van der Waals surface area contributed by atoms with Gasteiger partial charge < -0.3 is 14.8 Å². The van der Waals surface area contributed by atoms with Crippen LogP contribution < -0.4 is 10.0 Å². The van der Waals surface area contributed by atoms with Gasteiger partial charge in [0.1, 0.15) is 30.1 Å². The number of carbonyl (C=O) groups excluding carboxylic acids is 1. The molecule has 0 fully saturated rings. The van der Waals surface area contributed by atoms with Crippen molar-refractivity contribution in [1.29, 1.82) is 0 Å². The fourth-order valence-corrected chi connectivity index (χ4v) is 2.81. The lowest BCUT2D eigenvalue weighted by Gasteiger charge is -2.18. The molecule has 3 rings (SSSR count). The highest BCUT2D eigenvalue weighted by Gasteiger charge is 2.18. The summed E-state index contributed by atoms with van der Waals surface area (Å²) in [5.74, 6) is -1.22. The molecule has 1 atom stereocenters. The number of rotatable bonds is 6. The van der Waals surface area contributed by atoms with Gasteiger partial charge in [0.05, 0.1) is 12.5 Å². The van der Waals surface area contributed by atoms with Crippen LogP contribution in [0.15, 0.2) is 54.7 Å². The maximum absolute atomic E-state index is 11.4. The molecule has 0 radical (unpaired) electrons. The molecule has 3 aromatic rings. The Balaban J connectivity index is 1.92. The number of aromatic nitrogens is 2. The third kappa shape index (κ3) is 3.24. The number of hydrogen-bond acceptors (Lipinski definition) is 3. The highest BCUT2D eigenvalue weighted by Crippen LogP contribution is 2.11. The van der Waals surface area contributed by atoms with Crippen LogP contribution in [0.5, 0.6) is 0 Å². The lowest BCUT2D eigenvalue weighted by molar-refractivity contribution is -0.926. The first-order chi connectivity index (χ1) is 11.2. The predicted octanol–water partition coefficient (Wildman–Crippen LogP) is 0.303. The Hall–Kier alpha value is -2.66. The van der Waals surface area contributed by atoms with Crippen LogP contribution in [0, 0.1) is 0 Å². The van der Waals surface area contributed by atoms with Gasteiger partial charge in [0, 0.05) is 11.8 Å². The van der Waals surface area contributed by atoms with Crippen molar-refractivity contribution >= 4 is 11.6 Å². The van der Waals surface area contributed by atoms with Crippen molar-refractivity contribution in [2.24, 2.45) is 0 Å². The molecule has 0 amide bonds. The number of aromatic carboxylic acids is 1. The summed E-state index contributed by atoms with van der Waals surface area (Å²) in [6.07, 6.45) is 1.85. The van der Waals surface area contributed by atoms with Crippen molar-refractivity contribution in [3.63, 3.8) is 0 Å². The number of pyridine rings is 1. The van der Waals surface area contributed by atoms with Gasteiger partial charge in [-0.15, -0.1) is 0 Å². The number of carboxylic acids is 1. The van der Waals surface area contributed by atoms with E-state index in [1.807, 2.05) is 40.9 Å². The summed E-state index contributed by atoms with van der Waals surface area (Å²) < 4.78 is 1.84. The number of quaternary nitrogens is 1. The molecule has 0 aliphatic carbocycles. The van der Waals surface area contributed by atoms with Gasteiger partial charge in [0.25, 0.3) is 0 Å². The summed E-state index contributed by atoms with van der Waals surface area (Å²) in [6.45, 7) is 4.41. The van der Waals surface area contributed by atoms with E-state index in [0.29, 0.717) is 17.9 Å². The first-order valence-corrected chi connectivity index (χ1v) is 7.74. The summed E-state index contributed by atoms with van der Waals surface area (Å²) in [7, 11) is 0. The molecular weight excluding hydrogens is 290 g/mol. The standard InChI is InChI=1S/C18H19N3O2/c1-2-20(12-14-8-4-3-5-9-14)13-15-17(18(22)23)19-16-10-6-7-11-21(15)16/h3-11H,2,12-13H2,1H3,(H,22,23). The summed E-state index contributed by atoms with van der Waals surface area (Å²) in [4.78, 5) is 16.9. The molecule has 0 saturated heterocycles. The average molecular weight is 309 g/mol. The number of nitrogens with one attached hydrogen (secondary N) is 1. The number of benzene rings is 1. The monoisotopic (exact) mass is 309 g/mol. The van der Waals surface area contributed by atoms with Crippen LogP contribution in [0.4, 0.5) is 0 Å². The molecule has 2 aromatic heterocycles. The van der Waals surface area contributed by atoms with Crippen LogP contribution in [0.3, 0.4) is 0 Å². The van der Waals surface area contributed by atoms with Gasteiger partial charge in [-0.25, -0.2) is 4.98 Å². The zero-order chi connectivity index (χ0) is 16.2. The minimum absolute atomic E-state index is 0.0372. The molecule has 5 heteroatoms. The molecule has 0 saturated carbocycles. The quantitative estimate of drug-likeness (QED) is 0.712. The number of fused-ring (bicyclic) bond motifs is 1. The second-order valence-electron chi connectivity index (χ2n) is 5.57. The average Bonchev–Trinajstić information content (AvgIpc) is 2.94. The van der Waals surface area contributed by atoms with Gasteiger partial charge in [-0.2, -0.15) is 0 Å². The fraction of sp³-hybridized carbons (Fsp3) is 0.222. The number of hydrogen-bond donors (Lipinski definition) is 1.